The lowest BCUT2D eigenvalue weighted by Gasteiger charge is -2.17. The Labute approximate surface area is 173 Å². The molecule has 1 aliphatic rings. The Bertz CT molecular complexity index is 1100. The largest absolute Gasteiger partial charge is 0.496 e. The minimum absolute atomic E-state index is 0.0278. The van der Waals surface area contributed by atoms with E-state index in [0.717, 1.165) is 40.8 Å². The van der Waals surface area contributed by atoms with Gasteiger partial charge in [0.1, 0.15) is 10.6 Å². The number of nitrogens with one attached hydrogen (secondary N) is 1. The average molecular weight is 412 g/mol. The molecule has 3 aromatic rings. The average Bonchev–Trinajstić information content (AvgIpc) is 3.12. The number of thiophene rings is 1. The van der Waals surface area contributed by atoms with Gasteiger partial charge in [0, 0.05) is 23.4 Å². The van der Waals surface area contributed by atoms with Crippen LogP contribution in [0.1, 0.15) is 48.2 Å². The van der Waals surface area contributed by atoms with Crippen LogP contribution >= 0.6 is 11.3 Å². The second-order valence-corrected chi connectivity index (χ2v) is 8.50. The van der Waals surface area contributed by atoms with Crippen molar-refractivity contribution in [3.8, 4) is 5.75 Å². The molecule has 1 aliphatic carbocycles. The molecule has 1 aromatic carbocycles. The smallest absolute Gasteiger partial charge is 0.262 e. The zero-order valence-corrected chi connectivity index (χ0v) is 17.6. The topological polar surface area (TPSA) is 73.2 Å². The highest BCUT2D eigenvalue weighted by Gasteiger charge is 2.20. The number of aryl methyl sites for hydroxylation is 3. The van der Waals surface area contributed by atoms with Crippen molar-refractivity contribution in [1.29, 1.82) is 0 Å². The van der Waals surface area contributed by atoms with E-state index in [1.807, 2.05) is 31.2 Å². The molecule has 0 aliphatic heterocycles. The predicted molar refractivity (Wildman–Crippen MR) is 115 cm³/mol. The van der Waals surface area contributed by atoms with Crippen molar-refractivity contribution in [3.05, 3.63) is 57.0 Å². The number of methoxy groups -OCH3 is 1. The first-order valence-electron chi connectivity index (χ1n) is 10.0. The van der Waals surface area contributed by atoms with Crippen molar-refractivity contribution in [1.82, 2.24) is 14.9 Å². The minimum Gasteiger partial charge on any atom is -0.496 e. The van der Waals surface area contributed by atoms with Gasteiger partial charge < -0.3 is 10.1 Å². The molecule has 0 bridgehead atoms. The molecule has 6 nitrogen and oxygen atoms in total. The van der Waals surface area contributed by atoms with Crippen molar-refractivity contribution in [2.75, 3.05) is 7.11 Å². The van der Waals surface area contributed by atoms with Crippen molar-refractivity contribution in [2.24, 2.45) is 0 Å². The molecule has 1 amide bonds. The van der Waals surface area contributed by atoms with Gasteiger partial charge in [-0.3, -0.25) is 14.2 Å². The quantitative estimate of drug-likeness (QED) is 0.672. The summed E-state index contributed by atoms with van der Waals surface area (Å²) in [6.07, 6.45) is 6.09. The molecule has 1 N–H and O–H groups in total. The number of nitrogens with zero attached hydrogens (tertiary/aromatic N) is 2. The fourth-order valence-corrected chi connectivity index (χ4v) is 5.20. The van der Waals surface area contributed by atoms with Gasteiger partial charge in [0.2, 0.25) is 5.91 Å². The van der Waals surface area contributed by atoms with Crippen LogP contribution in [0.4, 0.5) is 0 Å². The van der Waals surface area contributed by atoms with Gasteiger partial charge in [0.15, 0.2) is 0 Å². The molecule has 2 aromatic heterocycles. The summed E-state index contributed by atoms with van der Waals surface area (Å²) in [7, 11) is 1.62. The number of ether oxygens (including phenoxy) is 1. The molecule has 0 saturated heterocycles. The molecule has 0 saturated carbocycles. The number of rotatable bonds is 6. The normalized spacial score (nSPS) is 14.4. The van der Waals surface area contributed by atoms with Crippen LogP contribution in [-0.2, 0) is 24.2 Å². The molecule has 0 fully saturated rings. The maximum absolute atomic E-state index is 13.0. The van der Waals surface area contributed by atoms with E-state index >= 15 is 0 Å². The van der Waals surface area contributed by atoms with Crippen LogP contribution in [-0.4, -0.2) is 22.6 Å². The minimum atomic E-state index is -0.181. The summed E-state index contributed by atoms with van der Waals surface area (Å²) < 4.78 is 6.93. The fraction of sp³-hybridized carbons (Fsp3) is 0.409. The monoisotopic (exact) mass is 411 g/mol. The summed E-state index contributed by atoms with van der Waals surface area (Å²) in [5.41, 5.74) is 2.07. The maximum atomic E-state index is 13.0. The summed E-state index contributed by atoms with van der Waals surface area (Å²) >= 11 is 1.64. The molecule has 7 heteroatoms. The van der Waals surface area contributed by atoms with Gasteiger partial charge in [-0.05, 0) is 44.2 Å². The number of fused-ring (bicyclic) bond motifs is 3. The Kier molecular flexibility index (Phi) is 5.67. The molecule has 0 radical (unpaired) electrons. The second-order valence-electron chi connectivity index (χ2n) is 7.42. The SMILES string of the molecule is COc1ccccc1C(C)NC(=O)CCn1cnc2sc3c(c2c1=O)CCCC3. The highest BCUT2D eigenvalue weighted by molar-refractivity contribution is 7.18. The van der Waals surface area contributed by atoms with E-state index in [1.54, 1.807) is 29.3 Å². The van der Waals surface area contributed by atoms with E-state index in [4.69, 9.17) is 4.74 Å². The van der Waals surface area contributed by atoms with Crippen molar-refractivity contribution < 1.29 is 9.53 Å². The Hall–Kier alpha value is -2.67. The van der Waals surface area contributed by atoms with Gasteiger partial charge in [-0.25, -0.2) is 4.98 Å². The molecule has 1 unspecified atom stereocenters. The summed E-state index contributed by atoms with van der Waals surface area (Å²) in [4.78, 5) is 32.1. The zero-order chi connectivity index (χ0) is 20.4. The molecule has 2 heterocycles. The number of amides is 1. The summed E-state index contributed by atoms with van der Waals surface area (Å²) in [5, 5.41) is 3.75. The van der Waals surface area contributed by atoms with Gasteiger partial charge in [-0.2, -0.15) is 0 Å². The first-order valence-corrected chi connectivity index (χ1v) is 10.8. The Morgan fingerprint density at radius 2 is 2.10 bits per heavy atom. The highest BCUT2D eigenvalue weighted by atomic mass is 32.1. The molecule has 152 valence electrons. The highest BCUT2D eigenvalue weighted by Crippen LogP contribution is 2.33. The van der Waals surface area contributed by atoms with E-state index in [-0.39, 0.29) is 23.9 Å². The third-order valence-electron chi connectivity index (χ3n) is 5.50. The molecule has 29 heavy (non-hydrogen) atoms. The lowest BCUT2D eigenvalue weighted by molar-refractivity contribution is -0.122. The third-order valence-corrected chi connectivity index (χ3v) is 6.70. The predicted octanol–water partition coefficient (Wildman–Crippen LogP) is 3.61. The Morgan fingerprint density at radius 3 is 2.93 bits per heavy atom. The number of carbonyl (C=O) groups is 1. The lowest BCUT2D eigenvalue weighted by atomic mass is 9.97. The molecule has 0 spiro atoms. The molecular weight excluding hydrogens is 386 g/mol. The summed E-state index contributed by atoms with van der Waals surface area (Å²) in [5.74, 6) is 0.635. The van der Waals surface area contributed by atoms with Crippen LogP contribution in [0.2, 0.25) is 0 Å². The number of benzene rings is 1. The number of carbonyl (C=O) groups excluding carboxylic acids is 1. The van der Waals surface area contributed by atoms with E-state index < -0.39 is 0 Å². The Morgan fingerprint density at radius 1 is 1.31 bits per heavy atom. The zero-order valence-electron chi connectivity index (χ0n) is 16.7. The fourth-order valence-electron chi connectivity index (χ4n) is 3.98. The molecule has 1 atom stereocenters. The first kappa shape index (κ1) is 19.6. The van der Waals surface area contributed by atoms with E-state index in [9.17, 15) is 9.59 Å². The third kappa shape index (κ3) is 3.92. The number of hydrogen-bond acceptors (Lipinski definition) is 5. The van der Waals surface area contributed by atoms with Gasteiger partial charge in [0.05, 0.1) is 24.9 Å². The number of para-hydroxylation sites is 1. The van der Waals surface area contributed by atoms with Gasteiger partial charge in [-0.15, -0.1) is 11.3 Å². The van der Waals surface area contributed by atoms with Crippen LogP contribution < -0.4 is 15.6 Å². The second kappa shape index (κ2) is 8.37. The van der Waals surface area contributed by atoms with Crippen LogP contribution in [0.3, 0.4) is 0 Å². The summed E-state index contributed by atoms with van der Waals surface area (Å²) in [6, 6.07) is 7.45. The van der Waals surface area contributed by atoms with Crippen molar-refractivity contribution in [3.63, 3.8) is 0 Å². The van der Waals surface area contributed by atoms with Crippen LogP contribution in [0.15, 0.2) is 35.4 Å². The van der Waals surface area contributed by atoms with Crippen molar-refractivity contribution in [2.45, 2.75) is 51.6 Å². The number of hydrogen-bond donors (Lipinski definition) is 1. The standard InChI is InChI=1S/C22H25N3O3S/c1-14(15-7-3-5-9-17(15)28-2)24-19(26)11-12-25-13-23-21-20(22(25)27)16-8-4-6-10-18(16)29-21/h3,5,7,9,13-14H,4,6,8,10-12H2,1-2H3,(H,24,26). The van der Waals surface area contributed by atoms with E-state index in [2.05, 4.69) is 10.3 Å². The lowest BCUT2D eigenvalue weighted by Crippen LogP contribution is -2.29. The first-order chi connectivity index (χ1) is 14.1. The van der Waals surface area contributed by atoms with Crippen LogP contribution in [0.5, 0.6) is 5.75 Å². The van der Waals surface area contributed by atoms with E-state index in [1.165, 1.54) is 16.9 Å². The summed E-state index contributed by atoms with van der Waals surface area (Å²) in [6.45, 7) is 2.24. The van der Waals surface area contributed by atoms with Gasteiger partial charge in [-0.1, -0.05) is 18.2 Å². The van der Waals surface area contributed by atoms with Crippen LogP contribution in [0.25, 0.3) is 10.2 Å². The Balaban J connectivity index is 1.46. The maximum Gasteiger partial charge on any atom is 0.262 e. The van der Waals surface area contributed by atoms with Crippen LogP contribution in [0, 0.1) is 0 Å². The molecular formula is C22H25N3O3S. The van der Waals surface area contributed by atoms with E-state index in [0.29, 0.717) is 6.54 Å². The van der Waals surface area contributed by atoms with Gasteiger partial charge in [0.25, 0.3) is 5.56 Å². The molecule has 4 rings (SSSR count). The van der Waals surface area contributed by atoms with Gasteiger partial charge >= 0.3 is 0 Å². The number of aromatic nitrogens is 2. The van der Waals surface area contributed by atoms with Crippen molar-refractivity contribution >= 4 is 27.5 Å².